The summed E-state index contributed by atoms with van der Waals surface area (Å²) in [4.78, 5) is 30.5. The summed E-state index contributed by atoms with van der Waals surface area (Å²) in [7, 11) is 0. The summed E-state index contributed by atoms with van der Waals surface area (Å²) in [5.41, 5.74) is 3.38. The van der Waals surface area contributed by atoms with E-state index in [1.54, 1.807) is 24.4 Å². The highest BCUT2D eigenvalue weighted by molar-refractivity contribution is 6.31. The molecule has 3 rings (SSSR count). The van der Waals surface area contributed by atoms with Crippen LogP contribution in [0.25, 0.3) is 0 Å². The van der Waals surface area contributed by atoms with Crippen LogP contribution in [-0.2, 0) is 4.79 Å². The second kappa shape index (κ2) is 5.42. The molecule has 0 fully saturated rings. The van der Waals surface area contributed by atoms with Crippen LogP contribution in [0, 0.1) is 13.8 Å². The highest BCUT2D eigenvalue weighted by atomic mass is 35.5. The monoisotopic (exact) mass is 315 g/mol. The van der Waals surface area contributed by atoms with Gasteiger partial charge in [0.15, 0.2) is 5.82 Å². The number of amides is 2. The van der Waals surface area contributed by atoms with Gasteiger partial charge in [0.2, 0.25) is 5.91 Å². The molecule has 0 spiro atoms. The van der Waals surface area contributed by atoms with Gasteiger partial charge in [-0.25, -0.2) is 4.98 Å². The summed E-state index contributed by atoms with van der Waals surface area (Å²) in [5.74, 6) is -0.417. The van der Waals surface area contributed by atoms with Gasteiger partial charge in [0.25, 0.3) is 5.91 Å². The van der Waals surface area contributed by atoms with Gasteiger partial charge in [-0.15, -0.1) is 11.6 Å². The molecule has 1 aromatic carbocycles. The van der Waals surface area contributed by atoms with Crippen molar-refractivity contribution in [2.24, 2.45) is 0 Å². The minimum Gasteiger partial charge on any atom is -0.319 e. The molecular formula is C16H14ClN3O2. The van der Waals surface area contributed by atoms with E-state index in [4.69, 9.17) is 11.6 Å². The predicted molar refractivity (Wildman–Crippen MR) is 86.0 cm³/mol. The number of halogens is 1. The first-order valence-corrected chi connectivity index (χ1v) is 7.33. The fraction of sp³-hybridized carbons (Fsp3) is 0.188. The van der Waals surface area contributed by atoms with E-state index in [2.05, 4.69) is 10.3 Å². The van der Waals surface area contributed by atoms with Gasteiger partial charge < -0.3 is 5.32 Å². The number of carbonyl (C=O) groups is 2. The molecule has 1 aliphatic rings. The maximum atomic E-state index is 12.5. The number of aryl methyl sites for hydroxylation is 2. The standard InChI is InChI=1S/C16H14ClN3O2/c1-9-6-11-13(7-10(9)2)20(14(21)8-17)15-12(19-16(11)22)4-3-5-18-15/h3-7H,8H2,1-2H3,(H,19,22). The average Bonchev–Trinajstić information content (AvgIpc) is 2.62. The lowest BCUT2D eigenvalue weighted by Gasteiger charge is -2.22. The molecule has 0 bridgehead atoms. The molecule has 0 saturated heterocycles. The Kier molecular flexibility index (Phi) is 3.58. The molecule has 0 radical (unpaired) electrons. The van der Waals surface area contributed by atoms with E-state index < -0.39 is 0 Å². The normalized spacial score (nSPS) is 13.0. The topological polar surface area (TPSA) is 62.3 Å². The summed E-state index contributed by atoms with van der Waals surface area (Å²) in [6, 6.07) is 7.01. The van der Waals surface area contributed by atoms with Gasteiger partial charge in [-0.1, -0.05) is 0 Å². The van der Waals surface area contributed by atoms with Crippen molar-refractivity contribution in [3.8, 4) is 0 Å². The maximum Gasteiger partial charge on any atom is 0.257 e. The van der Waals surface area contributed by atoms with Crippen molar-refractivity contribution in [1.29, 1.82) is 0 Å². The van der Waals surface area contributed by atoms with Gasteiger partial charge in [-0.2, -0.15) is 0 Å². The summed E-state index contributed by atoms with van der Waals surface area (Å²) < 4.78 is 0. The minimum absolute atomic E-state index is 0.198. The van der Waals surface area contributed by atoms with Crippen LogP contribution < -0.4 is 10.2 Å². The third-order valence-electron chi connectivity index (χ3n) is 3.71. The minimum atomic E-state index is -0.331. The van der Waals surface area contributed by atoms with Crippen molar-refractivity contribution in [2.45, 2.75) is 13.8 Å². The van der Waals surface area contributed by atoms with Gasteiger partial charge in [-0.05, 0) is 49.2 Å². The molecule has 5 nitrogen and oxygen atoms in total. The molecule has 2 aromatic rings. The number of anilines is 3. The highest BCUT2D eigenvalue weighted by Crippen LogP contribution is 2.37. The second-order valence-corrected chi connectivity index (χ2v) is 5.41. The fourth-order valence-electron chi connectivity index (χ4n) is 2.46. The Labute approximate surface area is 132 Å². The zero-order chi connectivity index (χ0) is 15.9. The Morgan fingerprint density at radius 1 is 1.32 bits per heavy atom. The zero-order valence-corrected chi connectivity index (χ0v) is 12.9. The van der Waals surface area contributed by atoms with Crippen molar-refractivity contribution >= 4 is 40.6 Å². The van der Waals surface area contributed by atoms with Crippen LogP contribution in [0.1, 0.15) is 21.5 Å². The first-order valence-electron chi connectivity index (χ1n) is 6.79. The number of aromatic nitrogens is 1. The van der Waals surface area contributed by atoms with Crippen LogP contribution in [0.2, 0.25) is 0 Å². The van der Waals surface area contributed by atoms with Crippen LogP contribution >= 0.6 is 11.6 Å². The number of hydrogen-bond acceptors (Lipinski definition) is 3. The number of hydrogen-bond donors (Lipinski definition) is 1. The van der Waals surface area contributed by atoms with E-state index in [9.17, 15) is 9.59 Å². The van der Waals surface area contributed by atoms with Crippen LogP contribution in [0.5, 0.6) is 0 Å². The number of alkyl halides is 1. The first-order chi connectivity index (χ1) is 10.5. The number of pyridine rings is 1. The molecule has 1 aliphatic heterocycles. The summed E-state index contributed by atoms with van der Waals surface area (Å²) in [5, 5.41) is 2.80. The van der Waals surface area contributed by atoms with Crippen molar-refractivity contribution < 1.29 is 9.59 Å². The smallest absolute Gasteiger partial charge is 0.257 e. The van der Waals surface area contributed by atoms with Gasteiger partial charge in [0.1, 0.15) is 5.88 Å². The van der Waals surface area contributed by atoms with E-state index in [0.29, 0.717) is 22.8 Å². The Balaban J connectivity index is 2.33. The zero-order valence-electron chi connectivity index (χ0n) is 12.2. The number of nitrogens with one attached hydrogen (secondary N) is 1. The Bertz CT molecular complexity index is 789. The molecule has 112 valence electrons. The quantitative estimate of drug-likeness (QED) is 0.822. The number of carbonyl (C=O) groups excluding carboxylic acids is 2. The number of benzene rings is 1. The van der Waals surface area contributed by atoms with Crippen molar-refractivity contribution in [2.75, 3.05) is 16.1 Å². The third kappa shape index (κ3) is 2.23. The van der Waals surface area contributed by atoms with E-state index in [-0.39, 0.29) is 17.7 Å². The highest BCUT2D eigenvalue weighted by Gasteiger charge is 2.30. The Hall–Kier alpha value is -2.40. The summed E-state index contributed by atoms with van der Waals surface area (Å²) in [6.07, 6.45) is 1.57. The molecule has 22 heavy (non-hydrogen) atoms. The van der Waals surface area contributed by atoms with E-state index in [0.717, 1.165) is 11.1 Å². The Morgan fingerprint density at radius 3 is 2.77 bits per heavy atom. The van der Waals surface area contributed by atoms with E-state index in [1.165, 1.54) is 4.90 Å². The molecule has 2 amide bonds. The number of fused-ring (bicyclic) bond motifs is 2. The number of nitrogens with zero attached hydrogens (tertiary/aromatic N) is 2. The second-order valence-electron chi connectivity index (χ2n) is 5.15. The molecular weight excluding hydrogens is 302 g/mol. The molecule has 1 N–H and O–H groups in total. The fourth-order valence-corrected chi connectivity index (χ4v) is 2.58. The van der Waals surface area contributed by atoms with Gasteiger partial charge in [0, 0.05) is 6.20 Å². The van der Waals surface area contributed by atoms with Gasteiger partial charge in [-0.3, -0.25) is 14.5 Å². The van der Waals surface area contributed by atoms with Crippen LogP contribution in [-0.4, -0.2) is 22.7 Å². The van der Waals surface area contributed by atoms with E-state index >= 15 is 0 Å². The molecule has 0 saturated carbocycles. The SMILES string of the molecule is Cc1cc2c(cc1C)N(C(=O)CCl)c1ncccc1NC2=O. The van der Waals surface area contributed by atoms with Crippen molar-refractivity contribution in [3.63, 3.8) is 0 Å². The lowest BCUT2D eigenvalue weighted by Crippen LogP contribution is -2.28. The van der Waals surface area contributed by atoms with Crippen LogP contribution in [0.15, 0.2) is 30.5 Å². The van der Waals surface area contributed by atoms with E-state index in [1.807, 2.05) is 19.9 Å². The van der Waals surface area contributed by atoms with Crippen molar-refractivity contribution in [1.82, 2.24) is 4.98 Å². The molecule has 2 heterocycles. The maximum absolute atomic E-state index is 12.5. The third-order valence-corrected chi connectivity index (χ3v) is 3.94. The largest absolute Gasteiger partial charge is 0.319 e. The lowest BCUT2D eigenvalue weighted by atomic mass is 10.0. The predicted octanol–water partition coefficient (Wildman–Crippen LogP) is 3.17. The summed E-state index contributed by atoms with van der Waals surface area (Å²) >= 11 is 5.75. The lowest BCUT2D eigenvalue weighted by molar-refractivity contribution is -0.115. The average molecular weight is 316 g/mol. The van der Waals surface area contributed by atoms with Crippen LogP contribution in [0.4, 0.5) is 17.2 Å². The first kappa shape index (κ1) is 14.5. The molecule has 0 atom stereocenters. The van der Waals surface area contributed by atoms with Gasteiger partial charge >= 0.3 is 0 Å². The molecule has 1 aromatic heterocycles. The summed E-state index contributed by atoms with van der Waals surface area (Å²) in [6.45, 7) is 3.86. The van der Waals surface area contributed by atoms with Gasteiger partial charge in [0.05, 0.1) is 16.9 Å². The van der Waals surface area contributed by atoms with Crippen molar-refractivity contribution in [3.05, 3.63) is 47.2 Å². The molecule has 0 aliphatic carbocycles. The molecule has 6 heteroatoms. The molecule has 0 unspecified atom stereocenters. The number of rotatable bonds is 1. The Morgan fingerprint density at radius 2 is 2.05 bits per heavy atom. The van der Waals surface area contributed by atoms with Crippen LogP contribution in [0.3, 0.4) is 0 Å².